The first-order valence-electron chi connectivity index (χ1n) is 5.11. The third kappa shape index (κ3) is 2.22. The lowest BCUT2D eigenvalue weighted by atomic mass is 10.2. The van der Waals surface area contributed by atoms with Gasteiger partial charge < -0.3 is 11.1 Å². The summed E-state index contributed by atoms with van der Waals surface area (Å²) in [7, 11) is 0. The molecule has 0 spiro atoms. The zero-order valence-electron chi connectivity index (χ0n) is 9.47. The number of nitrogens with two attached hydrogens (primary N) is 1. The molecule has 0 aliphatic heterocycles. The summed E-state index contributed by atoms with van der Waals surface area (Å²) in [6.07, 6.45) is 1.52. The number of nitrogens with one attached hydrogen (secondary N) is 1. The first kappa shape index (κ1) is 12.2. The summed E-state index contributed by atoms with van der Waals surface area (Å²) in [5.41, 5.74) is 6.57. The predicted octanol–water partition coefficient (Wildman–Crippen LogP) is 3.13. The standard InChI is InChI=1S/C12H10F3N3/c1-6-4-8(16)12(17-5-6)18-9-3-2-7(13)10(14)11(9)15/h2-5H,16H2,1H3,(H,17,18). The van der Waals surface area contributed by atoms with E-state index in [9.17, 15) is 13.2 Å². The van der Waals surface area contributed by atoms with Gasteiger partial charge in [0.05, 0.1) is 11.4 Å². The third-order valence-corrected chi connectivity index (χ3v) is 2.34. The molecule has 1 heterocycles. The van der Waals surface area contributed by atoms with E-state index >= 15 is 0 Å². The van der Waals surface area contributed by atoms with Crippen molar-refractivity contribution in [3.63, 3.8) is 0 Å². The van der Waals surface area contributed by atoms with Gasteiger partial charge in [0.1, 0.15) is 0 Å². The van der Waals surface area contributed by atoms with Crippen molar-refractivity contribution in [2.75, 3.05) is 11.1 Å². The van der Waals surface area contributed by atoms with Gasteiger partial charge in [0.2, 0.25) is 0 Å². The van der Waals surface area contributed by atoms with Crippen LogP contribution in [0, 0.1) is 24.4 Å². The smallest absolute Gasteiger partial charge is 0.196 e. The van der Waals surface area contributed by atoms with Gasteiger partial charge in [-0.1, -0.05) is 0 Å². The van der Waals surface area contributed by atoms with E-state index < -0.39 is 17.5 Å². The van der Waals surface area contributed by atoms with Gasteiger partial charge in [-0.05, 0) is 30.7 Å². The Labute approximate surface area is 101 Å². The normalized spacial score (nSPS) is 10.4. The van der Waals surface area contributed by atoms with E-state index in [4.69, 9.17) is 5.73 Å². The first-order chi connectivity index (χ1) is 8.49. The first-order valence-corrected chi connectivity index (χ1v) is 5.11. The maximum atomic E-state index is 13.4. The highest BCUT2D eigenvalue weighted by Crippen LogP contribution is 2.25. The van der Waals surface area contributed by atoms with Crippen LogP contribution in [0.15, 0.2) is 24.4 Å². The average molecular weight is 253 g/mol. The van der Waals surface area contributed by atoms with Crippen LogP contribution >= 0.6 is 0 Å². The second-order valence-electron chi connectivity index (χ2n) is 3.80. The van der Waals surface area contributed by atoms with Gasteiger partial charge in [-0.25, -0.2) is 18.2 Å². The number of aryl methyl sites for hydroxylation is 1. The molecule has 2 aromatic rings. The third-order valence-electron chi connectivity index (χ3n) is 2.34. The monoisotopic (exact) mass is 253 g/mol. The Morgan fingerprint density at radius 3 is 2.56 bits per heavy atom. The Balaban J connectivity index is 2.37. The zero-order chi connectivity index (χ0) is 13.3. The van der Waals surface area contributed by atoms with Gasteiger partial charge in [0, 0.05) is 6.20 Å². The minimum atomic E-state index is -1.54. The minimum absolute atomic E-state index is 0.186. The molecule has 0 saturated carbocycles. The molecule has 0 aliphatic rings. The highest BCUT2D eigenvalue weighted by atomic mass is 19.2. The van der Waals surface area contributed by atoms with Crippen LogP contribution in [0.5, 0.6) is 0 Å². The van der Waals surface area contributed by atoms with Crippen molar-refractivity contribution in [3.8, 4) is 0 Å². The van der Waals surface area contributed by atoms with Crippen molar-refractivity contribution in [2.24, 2.45) is 0 Å². The molecule has 3 N–H and O–H groups in total. The fourth-order valence-electron chi connectivity index (χ4n) is 1.45. The molecule has 0 atom stereocenters. The fourth-order valence-corrected chi connectivity index (χ4v) is 1.45. The van der Waals surface area contributed by atoms with Crippen LogP contribution < -0.4 is 11.1 Å². The number of aromatic nitrogens is 1. The number of nitrogen functional groups attached to an aromatic ring is 1. The Bertz CT molecular complexity index is 599. The van der Waals surface area contributed by atoms with Crippen molar-refractivity contribution in [2.45, 2.75) is 6.92 Å². The van der Waals surface area contributed by atoms with E-state index in [1.54, 1.807) is 13.0 Å². The molecule has 1 aromatic carbocycles. The predicted molar refractivity (Wildman–Crippen MR) is 63.0 cm³/mol. The lowest BCUT2D eigenvalue weighted by molar-refractivity contribution is 0.449. The number of nitrogens with zero attached hydrogens (tertiary/aromatic N) is 1. The van der Waals surface area contributed by atoms with Crippen LogP contribution in [0.25, 0.3) is 0 Å². The quantitative estimate of drug-likeness (QED) is 0.808. The molecule has 0 amide bonds. The summed E-state index contributed by atoms with van der Waals surface area (Å²) in [4.78, 5) is 3.95. The Hall–Kier alpha value is -2.24. The topological polar surface area (TPSA) is 50.9 Å². The van der Waals surface area contributed by atoms with Gasteiger partial charge >= 0.3 is 0 Å². The molecule has 6 heteroatoms. The molecule has 0 radical (unpaired) electrons. The molecular formula is C12H10F3N3. The second kappa shape index (κ2) is 4.56. The molecule has 0 saturated heterocycles. The van der Waals surface area contributed by atoms with Crippen LogP contribution in [0.1, 0.15) is 5.56 Å². The molecule has 0 bridgehead atoms. The molecule has 0 unspecified atom stereocenters. The Morgan fingerprint density at radius 2 is 1.89 bits per heavy atom. The average Bonchev–Trinajstić information content (AvgIpc) is 2.33. The lowest BCUT2D eigenvalue weighted by Crippen LogP contribution is -2.03. The number of pyridine rings is 1. The lowest BCUT2D eigenvalue weighted by Gasteiger charge is -2.10. The van der Waals surface area contributed by atoms with E-state index in [2.05, 4.69) is 10.3 Å². The number of anilines is 3. The van der Waals surface area contributed by atoms with E-state index in [1.807, 2.05) is 0 Å². The molecule has 0 fully saturated rings. The second-order valence-corrected chi connectivity index (χ2v) is 3.80. The van der Waals surface area contributed by atoms with Crippen molar-refractivity contribution in [3.05, 3.63) is 47.4 Å². The summed E-state index contributed by atoms with van der Waals surface area (Å²) in [5.74, 6) is -3.91. The molecule has 0 aliphatic carbocycles. The van der Waals surface area contributed by atoms with Crippen molar-refractivity contribution < 1.29 is 13.2 Å². The van der Waals surface area contributed by atoms with E-state index in [-0.39, 0.29) is 11.5 Å². The molecule has 94 valence electrons. The number of hydrogen-bond acceptors (Lipinski definition) is 3. The zero-order valence-corrected chi connectivity index (χ0v) is 9.47. The minimum Gasteiger partial charge on any atom is -0.396 e. The maximum absolute atomic E-state index is 13.4. The van der Waals surface area contributed by atoms with Crippen LogP contribution in [0.4, 0.5) is 30.4 Å². The van der Waals surface area contributed by atoms with Crippen molar-refractivity contribution in [1.82, 2.24) is 4.98 Å². The number of benzene rings is 1. The number of halogens is 3. The van der Waals surface area contributed by atoms with Crippen LogP contribution in [-0.2, 0) is 0 Å². The summed E-state index contributed by atoms with van der Waals surface area (Å²) in [5, 5.41) is 2.52. The van der Waals surface area contributed by atoms with E-state index in [0.29, 0.717) is 5.69 Å². The largest absolute Gasteiger partial charge is 0.396 e. The molecule has 2 rings (SSSR count). The van der Waals surface area contributed by atoms with Crippen molar-refractivity contribution in [1.29, 1.82) is 0 Å². The molecule has 3 nitrogen and oxygen atoms in total. The summed E-state index contributed by atoms with van der Waals surface area (Å²) >= 11 is 0. The van der Waals surface area contributed by atoms with Gasteiger partial charge in [0.15, 0.2) is 23.3 Å². The van der Waals surface area contributed by atoms with Crippen LogP contribution in [0.2, 0.25) is 0 Å². The number of rotatable bonds is 2. The van der Waals surface area contributed by atoms with E-state index in [1.165, 1.54) is 6.20 Å². The van der Waals surface area contributed by atoms with E-state index in [0.717, 1.165) is 17.7 Å². The Kier molecular flexibility index (Phi) is 3.10. The van der Waals surface area contributed by atoms with Gasteiger partial charge in [0.25, 0.3) is 0 Å². The van der Waals surface area contributed by atoms with Crippen LogP contribution in [0.3, 0.4) is 0 Å². The molecular weight excluding hydrogens is 243 g/mol. The van der Waals surface area contributed by atoms with Gasteiger partial charge in [-0.15, -0.1) is 0 Å². The van der Waals surface area contributed by atoms with Crippen molar-refractivity contribution >= 4 is 17.2 Å². The highest BCUT2D eigenvalue weighted by Gasteiger charge is 2.14. The SMILES string of the molecule is Cc1cnc(Nc2ccc(F)c(F)c2F)c(N)c1. The fraction of sp³-hybridized carbons (Fsp3) is 0.0833. The highest BCUT2D eigenvalue weighted by molar-refractivity contribution is 5.69. The summed E-state index contributed by atoms with van der Waals surface area (Å²) in [6, 6.07) is 3.53. The summed E-state index contributed by atoms with van der Waals surface area (Å²) in [6.45, 7) is 1.80. The Morgan fingerprint density at radius 1 is 1.17 bits per heavy atom. The van der Waals surface area contributed by atoms with Gasteiger partial charge in [-0.3, -0.25) is 0 Å². The number of hydrogen-bond donors (Lipinski definition) is 2. The maximum Gasteiger partial charge on any atom is 0.196 e. The van der Waals surface area contributed by atoms with Crippen LogP contribution in [-0.4, -0.2) is 4.98 Å². The molecule has 18 heavy (non-hydrogen) atoms. The summed E-state index contributed by atoms with van der Waals surface area (Å²) < 4.78 is 39.2. The molecule has 1 aromatic heterocycles. The van der Waals surface area contributed by atoms with Gasteiger partial charge in [-0.2, -0.15) is 0 Å².